The van der Waals surface area contributed by atoms with Gasteiger partial charge in [0.25, 0.3) is 0 Å². The van der Waals surface area contributed by atoms with Gasteiger partial charge >= 0.3 is 5.97 Å². The van der Waals surface area contributed by atoms with Crippen LogP contribution in [0.3, 0.4) is 0 Å². The second-order valence-electron chi connectivity index (χ2n) is 3.20. The van der Waals surface area contributed by atoms with E-state index in [4.69, 9.17) is 5.11 Å². The number of carbonyl (C=O) groups is 2. The number of fused-ring (bicyclic) bond motifs is 1. The molecule has 0 spiro atoms. The number of hydrogen-bond acceptors (Lipinski definition) is 3. The highest BCUT2D eigenvalue weighted by Gasteiger charge is 2.17. The Hall–Kier alpha value is -2.17. The van der Waals surface area contributed by atoms with Gasteiger partial charge in [0.1, 0.15) is 11.3 Å². The molecule has 5 heteroatoms. The van der Waals surface area contributed by atoms with E-state index in [1.165, 1.54) is 4.40 Å². The first-order valence-corrected chi connectivity index (χ1v) is 4.30. The number of rotatable bonds is 2. The van der Waals surface area contributed by atoms with E-state index in [0.29, 0.717) is 11.9 Å². The highest BCUT2D eigenvalue weighted by molar-refractivity contribution is 5.95. The number of hydrogen-bond donors (Lipinski definition) is 1. The summed E-state index contributed by atoms with van der Waals surface area (Å²) in [5.41, 5.74) is 1.28. The van der Waals surface area contributed by atoms with Crippen LogP contribution >= 0.6 is 0 Å². The molecule has 2 rings (SSSR count). The normalized spacial score (nSPS) is 10.5. The number of aromatic nitrogens is 2. The molecule has 2 aromatic rings. The van der Waals surface area contributed by atoms with E-state index in [1.807, 2.05) is 6.92 Å². The number of carbonyl (C=O) groups excluding carboxylic acids is 1. The van der Waals surface area contributed by atoms with E-state index in [1.54, 1.807) is 18.3 Å². The van der Waals surface area contributed by atoms with Crippen LogP contribution in [0.2, 0.25) is 0 Å². The van der Waals surface area contributed by atoms with Crippen LogP contribution in [0.4, 0.5) is 0 Å². The molecule has 0 aromatic carbocycles. The number of aromatic carboxylic acids is 1. The van der Waals surface area contributed by atoms with Crippen molar-refractivity contribution in [3.05, 3.63) is 35.3 Å². The number of carboxylic acid groups (broad SMARTS) is 1. The summed E-state index contributed by atoms with van der Waals surface area (Å²) in [5, 5.41) is 8.83. The number of nitrogens with zero attached hydrogens (tertiary/aromatic N) is 2. The van der Waals surface area contributed by atoms with Gasteiger partial charge in [0.05, 0.1) is 0 Å². The lowest BCUT2D eigenvalue weighted by atomic mass is 10.3. The van der Waals surface area contributed by atoms with Gasteiger partial charge in [-0.3, -0.25) is 9.20 Å². The van der Waals surface area contributed by atoms with Crippen LogP contribution in [0.5, 0.6) is 0 Å². The van der Waals surface area contributed by atoms with Crippen molar-refractivity contribution in [1.29, 1.82) is 0 Å². The second kappa shape index (κ2) is 3.20. The Labute approximate surface area is 85.0 Å². The molecule has 76 valence electrons. The molecule has 0 bridgehead atoms. The molecule has 0 unspecified atom stereocenters. The number of imidazole rings is 1. The van der Waals surface area contributed by atoms with Gasteiger partial charge in [-0.15, -0.1) is 0 Å². The summed E-state index contributed by atoms with van der Waals surface area (Å²) < 4.78 is 1.46. The zero-order valence-electron chi connectivity index (χ0n) is 7.97. The molecule has 15 heavy (non-hydrogen) atoms. The minimum atomic E-state index is -1.20. The predicted octanol–water partition coefficient (Wildman–Crippen LogP) is 1.15. The fourth-order valence-corrected chi connectivity index (χ4v) is 1.44. The fraction of sp³-hybridized carbons (Fsp3) is 0.100. The highest BCUT2D eigenvalue weighted by Crippen LogP contribution is 2.12. The molecular weight excluding hydrogens is 196 g/mol. The number of aryl methyl sites for hydroxylation is 1. The van der Waals surface area contributed by atoms with E-state index in [9.17, 15) is 9.59 Å². The SMILES string of the molecule is Cc1ccn2c(C=O)c(C(=O)O)nc2c1. The average Bonchev–Trinajstić information content (AvgIpc) is 2.55. The Balaban J connectivity index is 2.84. The van der Waals surface area contributed by atoms with E-state index in [2.05, 4.69) is 4.98 Å². The third kappa shape index (κ3) is 1.38. The van der Waals surface area contributed by atoms with Crippen LogP contribution in [0.1, 0.15) is 26.5 Å². The third-order valence-electron chi connectivity index (χ3n) is 2.13. The zero-order chi connectivity index (χ0) is 11.0. The van der Waals surface area contributed by atoms with E-state index in [0.717, 1.165) is 5.56 Å². The van der Waals surface area contributed by atoms with Gasteiger partial charge in [-0.25, -0.2) is 9.78 Å². The summed E-state index contributed by atoms with van der Waals surface area (Å²) in [6, 6.07) is 3.51. The Morgan fingerprint density at radius 3 is 2.93 bits per heavy atom. The molecule has 1 N–H and O–H groups in total. The van der Waals surface area contributed by atoms with Gasteiger partial charge in [0.15, 0.2) is 12.0 Å². The molecule has 0 atom stereocenters. The van der Waals surface area contributed by atoms with E-state index >= 15 is 0 Å². The zero-order valence-corrected chi connectivity index (χ0v) is 7.97. The van der Waals surface area contributed by atoms with Crippen molar-refractivity contribution in [2.45, 2.75) is 6.92 Å². The molecule has 0 saturated heterocycles. The van der Waals surface area contributed by atoms with Gasteiger partial charge < -0.3 is 5.11 Å². The van der Waals surface area contributed by atoms with Crippen molar-refractivity contribution in [2.24, 2.45) is 0 Å². The quantitative estimate of drug-likeness (QED) is 0.745. The smallest absolute Gasteiger partial charge is 0.356 e. The van der Waals surface area contributed by atoms with Gasteiger partial charge in [-0.1, -0.05) is 0 Å². The highest BCUT2D eigenvalue weighted by atomic mass is 16.4. The maximum Gasteiger partial charge on any atom is 0.356 e. The Kier molecular flexibility index (Phi) is 2.00. The molecular formula is C10H8N2O3. The Morgan fingerprint density at radius 1 is 1.60 bits per heavy atom. The van der Waals surface area contributed by atoms with Crippen LogP contribution in [-0.2, 0) is 0 Å². The Bertz CT molecular complexity index is 557. The summed E-state index contributed by atoms with van der Waals surface area (Å²) in [5.74, 6) is -1.20. The summed E-state index contributed by atoms with van der Waals surface area (Å²) in [6.45, 7) is 1.87. The maximum absolute atomic E-state index is 10.8. The topological polar surface area (TPSA) is 71.7 Å². The standard InChI is InChI=1S/C10H8N2O3/c1-6-2-3-12-7(5-13)9(10(14)15)11-8(12)4-6/h2-5H,1H3,(H,14,15). The first-order valence-electron chi connectivity index (χ1n) is 4.30. The summed E-state index contributed by atoms with van der Waals surface area (Å²) >= 11 is 0. The van der Waals surface area contributed by atoms with Crippen LogP contribution < -0.4 is 0 Å². The lowest BCUT2D eigenvalue weighted by Crippen LogP contribution is -2.02. The van der Waals surface area contributed by atoms with E-state index in [-0.39, 0.29) is 11.4 Å². The van der Waals surface area contributed by atoms with Crippen molar-refractivity contribution >= 4 is 17.9 Å². The Morgan fingerprint density at radius 2 is 2.33 bits per heavy atom. The molecule has 0 radical (unpaired) electrons. The van der Waals surface area contributed by atoms with Crippen LogP contribution in [0, 0.1) is 6.92 Å². The molecule has 0 aliphatic heterocycles. The maximum atomic E-state index is 10.8. The van der Waals surface area contributed by atoms with Crippen molar-refractivity contribution in [1.82, 2.24) is 9.38 Å². The molecule has 0 aliphatic rings. The molecule has 0 fully saturated rings. The molecule has 2 aromatic heterocycles. The second-order valence-corrected chi connectivity index (χ2v) is 3.20. The third-order valence-corrected chi connectivity index (χ3v) is 2.13. The van der Waals surface area contributed by atoms with Crippen molar-refractivity contribution in [2.75, 3.05) is 0 Å². The molecule has 0 aliphatic carbocycles. The molecule has 0 amide bonds. The monoisotopic (exact) mass is 204 g/mol. The molecule has 0 saturated carbocycles. The van der Waals surface area contributed by atoms with Gasteiger partial charge in [-0.05, 0) is 24.6 Å². The van der Waals surface area contributed by atoms with Crippen molar-refractivity contribution in [3.63, 3.8) is 0 Å². The number of carboxylic acids is 1. The van der Waals surface area contributed by atoms with E-state index < -0.39 is 5.97 Å². The van der Waals surface area contributed by atoms with Crippen LogP contribution in [0.25, 0.3) is 5.65 Å². The van der Waals surface area contributed by atoms with Crippen molar-refractivity contribution < 1.29 is 14.7 Å². The van der Waals surface area contributed by atoms with Crippen LogP contribution in [-0.4, -0.2) is 26.7 Å². The summed E-state index contributed by atoms with van der Waals surface area (Å²) in [4.78, 5) is 25.4. The predicted molar refractivity (Wildman–Crippen MR) is 52.3 cm³/mol. The summed E-state index contributed by atoms with van der Waals surface area (Å²) in [7, 11) is 0. The molecule has 5 nitrogen and oxygen atoms in total. The first kappa shape index (κ1) is 9.39. The van der Waals surface area contributed by atoms with Gasteiger partial charge in [0, 0.05) is 6.20 Å². The molecule has 2 heterocycles. The fourth-order valence-electron chi connectivity index (χ4n) is 1.44. The number of aldehydes is 1. The minimum Gasteiger partial charge on any atom is -0.476 e. The van der Waals surface area contributed by atoms with Crippen LogP contribution in [0.15, 0.2) is 18.3 Å². The van der Waals surface area contributed by atoms with Gasteiger partial charge in [0.2, 0.25) is 0 Å². The summed E-state index contributed by atoms with van der Waals surface area (Å²) in [6.07, 6.45) is 2.13. The largest absolute Gasteiger partial charge is 0.476 e. The lowest BCUT2D eigenvalue weighted by molar-refractivity contribution is 0.0688. The number of pyridine rings is 1. The van der Waals surface area contributed by atoms with Gasteiger partial charge in [-0.2, -0.15) is 0 Å². The minimum absolute atomic E-state index is 0.0671. The van der Waals surface area contributed by atoms with Crippen molar-refractivity contribution in [3.8, 4) is 0 Å². The lowest BCUT2D eigenvalue weighted by Gasteiger charge is -1.95. The first-order chi connectivity index (χ1) is 7.13. The average molecular weight is 204 g/mol.